The lowest BCUT2D eigenvalue weighted by Crippen LogP contribution is -2.20. The molecule has 4 heteroatoms. The predicted molar refractivity (Wildman–Crippen MR) is 60.3 cm³/mol. The van der Waals surface area contributed by atoms with Gasteiger partial charge in [-0.2, -0.15) is 0 Å². The summed E-state index contributed by atoms with van der Waals surface area (Å²) in [6.45, 7) is 1.64. The molecule has 1 aromatic rings. The number of methoxy groups -OCH3 is 1. The summed E-state index contributed by atoms with van der Waals surface area (Å²) in [5.74, 6) is -0.980. The number of ether oxygens (including phenoxy) is 1. The zero-order chi connectivity index (χ0) is 11.4. The molecule has 2 unspecified atom stereocenters. The normalized spacial score (nSPS) is 14.4. The molecule has 3 nitrogen and oxygen atoms in total. The number of hydrogen-bond acceptors (Lipinski definition) is 3. The van der Waals surface area contributed by atoms with Crippen molar-refractivity contribution in [1.29, 1.82) is 0 Å². The van der Waals surface area contributed by atoms with Crippen LogP contribution < -0.4 is 0 Å². The summed E-state index contributed by atoms with van der Waals surface area (Å²) in [6, 6.07) is 7.23. The molecule has 0 heterocycles. The summed E-state index contributed by atoms with van der Waals surface area (Å²) < 4.78 is 5.45. The molecule has 0 saturated carbocycles. The fraction of sp³-hybridized carbons (Fsp3) is 0.364. The van der Waals surface area contributed by atoms with E-state index in [1.165, 1.54) is 7.11 Å². The Kier molecular flexibility index (Phi) is 4.29. The first kappa shape index (κ1) is 12.2. The third-order valence-corrected chi connectivity index (χ3v) is 2.73. The van der Waals surface area contributed by atoms with Gasteiger partial charge in [0.1, 0.15) is 0 Å². The third kappa shape index (κ3) is 3.04. The fourth-order valence-electron chi connectivity index (χ4n) is 1.29. The fourth-order valence-corrected chi connectivity index (χ4v) is 1.71. The largest absolute Gasteiger partial charge is 0.469 e. The SMILES string of the molecule is COC(=O)C(C)C(O)c1cccc(Br)c1. The first-order chi connectivity index (χ1) is 7.06. The molecule has 1 N–H and O–H groups in total. The van der Waals surface area contributed by atoms with Gasteiger partial charge in [-0.3, -0.25) is 4.79 Å². The molecule has 0 bridgehead atoms. The van der Waals surface area contributed by atoms with Crippen LogP contribution in [-0.2, 0) is 9.53 Å². The van der Waals surface area contributed by atoms with Crippen molar-refractivity contribution < 1.29 is 14.6 Å². The van der Waals surface area contributed by atoms with Crippen LogP contribution >= 0.6 is 15.9 Å². The molecule has 0 aliphatic carbocycles. The number of esters is 1. The standard InChI is InChI=1S/C11H13BrO3/c1-7(11(14)15-2)10(13)8-4-3-5-9(12)6-8/h3-7,10,13H,1-2H3. The van der Waals surface area contributed by atoms with Crippen molar-refractivity contribution in [2.24, 2.45) is 5.92 Å². The van der Waals surface area contributed by atoms with Crippen LogP contribution in [0, 0.1) is 5.92 Å². The topological polar surface area (TPSA) is 46.5 Å². The zero-order valence-corrected chi connectivity index (χ0v) is 10.2. The minimum absolute atomic E-state index is 0.414. The second-order valence-corrected chi connectivity index (χ2v) is 4.23. The molecule has 0 saturated heterocycles. The van der Waals surface area contributed by atoms with E-state index in [9.17, 15) is 9.90 Å². The quantitative estimate of drug-likeness (QED) is 0.859. The van der Waals surface area contributed by atoms with Crippen LogP contribution in [-0.4, -0.2) is 18.2 Å². The average Bonchev–Trinajstić information content (AvgIpc) is 2.26. The molecule has 2 atom stereocenters. The van der Waals surface area contributed by atoms with E-state index in [0.29, 0.717) is 5.56 Å². The number of aliphatic hydroxyl groups excluding tert-OH is 1. The van der Waals surface area contributed by atoms with Gasteiger partial charge in [-0.15, -0.1) is 0 Å². The van der Waals surface area contributed by atoms with E-state index >= 15 is 0 Å². The highest BCUT2D eigenvalue weighted by atomic mass is 79.9. The molecular weight excluding hydrogens is 260 g/mol. The summed E-state index contributed by atoms with van der Waals surface area (Å²) in [4.78, 5) is 11.2. The van der Waals surface area contributed by atoms with E-state index in [1.54, 1.807) is 19.1 Å². The number of rotatable bonds is 3. The van der Waals surface area contributed by atoms with Crippen LogP contribution in [0.4, 0.5) is 0 Å². The molecule has 15 heavy (non-hydrogen) atoms. The number of hydrogen-bond donors (Lipinski definition) is 1. The van der Waals surface area contributed by atoms with Gasteiger partial charge in [0, 0.05) is 4.47 Å². The number of aliphatic hydroxyl groups is 1. The third-order valence-electron chi connectivity index (χ3n) is 2.24. The Balaban J connectivity index is 2.84. The van der Waals surface area contributed by atoms with Crippen molar-refractivity contribution in [2.45, 2.75) is 13.0 Å². The van der Waals surface area contributed by atoms with Crippen LogP contribution in [0.3, 0.4) is 0 Å². The zero-order valence-electron chi connectivity index (χ0n) is 8.61. The van der Waals surface area contributed by atoms with E-state index < -0.39 is 18.0 Å². The summed E-state index contributed by atoms with van der Waals surface area (Å²) in [5.41, 5.74) is 0.697. The Labute approximate surface area is 97.2 Å². The molecular formula is C11H13BrO3. The van der Waals surface area contributed by atoms with Gasteiger partial charge in [0.05, 0.1) is 19.1 Å². The Morgan fingerprint density at radius 2 is 2.20 bits per heavy atom. The van der Waals surface area contributed by atoms with Crippen molar-refractivity contribution in [1.82, 2.24) is 0 Å². The maximum atomic E-state index is 11.2. The monoisotopic (exact) mass is 272 g/mol. The number of carbonyl (C=O) groups excluding carboxylic acids is 1. The smallest absolute Gasteiger partial charge is 0.311 e. The Hall–Kier alpha value is -0.870. The van der Waals surface area contributed by atoms with Crippen LogP contribution in [0.5, 0.6) is 0 Å². The number of benzene rings is 1. The molecule has 0 aliphatic heterocycles. The maximum absolute atomic E-state index is 11.2. The van der Waals surface area contributed by atoms with E-state index in [0.717, 1.165) is 4.47 Å². The molecule has 82 valence electrons. The Morgan fingerprint density at radius 1 is 1.53 bits per heavy atom. The second-order valence-electron chi connectivity index (χ2n) is 3.31. The summed E-state index contributed by atoms with van der Waals surface area (Å²) in [7, 11) is 1.31. The lowest BCUT2D eigenvalue weighted by molar-refractivity contribution is -0.148. The Bertz CT molecular complexity index is 351. The van der Waals surface area contributed by atoms with Gasteiger partial charge in [-0.05, 0) is 24.6 Å². The molecule has 0 amide bonds. The molecule has 0 fully saturated rings. The average molecular weight is 273 g/mol. The van der Waals surface area contributed by atoms with Crippen LogP contribution in [0.15, 0.2) is 28.7 Å². The first-order valence-electron chi connectivity index (χ1n) is 4.57. The molecule has 1 aromatic carbocycles. The van der Waals surface area contributed by atoms with Crippen molar-refractivity contribution in [3.63, 3.8) is 0 Å². The van der Waals surface area contributed by atoms with Crippen LogP contribution in [0.1, 0.15) is 18.6 Å². The highest BCUT2D eigenvalue weighted by molar-refractivity contribution is 9.10. The van der Waals surface area contributed by atoms with Crippen LogP contribution in [0.25, 0.3) is 0 Å². The van der Waals surface area contributed by atoms with Crippen molar-refractivity contribution in [3.8, 4) is 0 Å². The Morgan fingerprint density at radius 3 is 2.73 bits per heavy atom. The number of carbonyl (C=O) groups is 1. The molecule has 0 spiro atoms. The lowest BCUT2D eigenvalue weighted by atomic mass is 9.98. The van der Waals surface area contributed by atoms with Gasteiger partial charge in [-0.1, -0.05) is 28.1 Å². The highest BCUT2D eigenvalue weighted by Gasteiger charge is 2.24. The van der Waals surface area contributed by atoms with Gasteiger partial charge in [0.25, 0.3) is 0 Å². The minimum atomic E-state index is -0.838. The van der Waals surface area contributed by atoms with Crippen molar-refractivity contribution in [2.75, 3.05) is 7.11 Å². The van der Waals surface area contributed by atoms with E-state index in [4.69, 9.17) is 0 Å². The molecule has 0 aromatic heterocycles. The van der Waals surface area contributed by atoms with Gasteiger partial charge < -0.3 is 9.84 Å². The lowest BCUT2D eigenvalue weighted by Gasteiger charge is -2.17. The van der Waals surface area contributed by atoms with Crippen LogP contribution in [0.2, 0.25) is 0 Å². The second kappa shape index (κ2) is 5.28. The molecule has 0 aliphatic rings. The summed E-state index contributed by atoms with van der Waals surface area (Å²) >= 11 is 3.31. The van der Waals surface area contributed by atoms with Crippen molar-refractivity contribution in [3.05, 3.63) is 34.3 Å². The predicted octanol–water partition coefficient (Wildman–Crippen LogP) is 2.29. The van der Waals surface area contributed by atoms with Gasteiger partial charge in [-0.25, -0.2) is 0 Å². The highest BCUT2D eigenvalue weighted by Crippen LogP contribution is 2.24. The summed E-state index contributed by atoms with van der Waals surface area (Å²) in [5, 5.41) is 9.89. The first-order valence-corrected chi connectivity index (χ1v) is 5.37. The van der Waals surface area contributed by atoms with Gasteiger partial charge in [0.2, 0.25) is 0 Å². The van der Waals surface area contributed by atoms with Crippen molar-refractivity contribution >= 4 is 21.9 Å². The van der Waals surface area contributed by atoms with E-state index in [-0.39, 0.29) is 0 Å². The summed E-state index contributed by atoms with van der Waals surface area (Å²) in [6.07, 6.45) is -0.838. The van der Waals surface area contributed by atoms with Gasteiger partial charge in [0.15, 0.2) is 0 Å². The minimum Gasteiger partial charge on any atom is -0.469 e. The van der Waals surface area contributed by atoms with Gasteiger partial charge >= 0.3 is 5.97 Å². The maximum Gasteiger partial charge on any atom is 0.311 e. The molecule has 1 rings (SSSR count). The number of halogens is 1. The van der Waals surface area contributed by atoms with E-state index in [1.807, 2.05) is 12.1 Å². The van der Waals surface area contributed by atoms with E-state index in [2.05, 4.69) is 20.7 Å². The molecule has 0 radical (unpaired) electrons.